The molecule has 5 nitrogen and oxygen atoms in total. The SMILES string of the molecule is CC1(C)CN(C(=O)COc2ccc(Br)cc2)CC(CO)O1. The minimum absolute atomic E-state index is 0.0180. The third-order valence-corrected chi connectivity index (χ3v) is 3.74. The first-order valence-corrected chi connectivity index (χ1v) is 7.64. The van der Waals surface area contributed by atoms with Crippen molar-refractivity contribution in [2.45, 2.75) is 25.6 Å². The highest BCUT2D eigenvalue weighted by Gasteiger charge is 2.35. The van der Waals surface area contributed by atoms with E-state index in [0.29, 0.717) is 18.8 Å². The first-order valence-electron chi connectivity index (χ1n) is 6.84. The van der Waals surface area contributed by atoms with Gasteiger partial charge < -0.3 is 19.5 Å². The third kappa shape index (κ3) is 4.69. The summed E-state index contributed by atoms with van der Waals surface area (Å²) in [5.74, 6) is 0.547. The first kappa shape index (κ1) is 16.3. The van der Waals surface area contributed by atoms with Crippen molar-refractivity contribution in [3.05, 3.63) is 28.7 Å². The Kier molecular flexibility index (Phi) is 5.24. The molecule has 1 atom stereocenters. The fourth-order valence-electron chi connectivity index (χ4n) is 2.35. The van der Waals surface area contributed by atoms with E-state index in [4.69, 9.17) is 9.47 Å². The molecular weight excluding hydrogens is 338 g/mol. The van der Waals surface area contributed by atoms with Crippen LogP contribution in [0.25, 0.3) is 0 Å². The largest absolute Gasteiger partial charge is 0.484 e. The lowest BCUT2D eigenvalue weighted by atomic mass is 10.1. The van der Waals surface area contributed by atoms with E-state index in [0.717, 1.165) is 4.47 Å². The van der Waals surface area contributed by atoms with Crippen molar-refractivity contribution in [3.8, 4) is 5.75 Å². The summed E-state index contributed by atoms with van der Waals surface area (Å²) < 4.78 is 12.1. The highest BCUT2D eigenvalue weighted by atomic mass is 79.9. The Morgan fingerprint density at radius 3 is 2.76 bits per heavy atom. The number of ether oxygens (including phenoxy) is 2. The number of nitrogens with zero attached hydrogens (tertiary/aromatic N) is 1. The van der Waals surface area contributed by atoms with Gasteiger partial charge in [-0.1, -0.05) is 15.9 Å². The van der Waals surface area contributed by atoms with E-state index in [9.17, 15) is 9.90 Å². The van der Waals surface area contributed by atoms with Crippen molar-refractivity contribution in [1.29, 1.82) is 0 Å². The molecule has 2 rings (SSSR count). The number of aliphatic hydroxyl groups excluding tert-OH is 1. The van der Waals surface area contributed by atoms with Gasteiger partial charge in [-0.2, -0.15) is 0 Å². The van der Waals surface area contributed by atoms with Crippen molar-refractivity contribution in [2.24, 2.45) is 0 Å². The zero-order valence-corrected chi connectivity index (χ0v) is 13.8. The van der Waals surface area contributed by atoms with Crippen molar-refractivity contribution in [2.75, 3.05) is 26.3 Å². The minimum atomic E-state index is -0.459. The van der Waals surface area contributed by atoms with Crippen LogP contribution in [0.3, 0.4) is 0 Å². The summed E-state index contributed by atoms with van der Waals surface area (Å²) in [5.41, 5.74) is -0.459. The highest BCUT2D eigenvalue weighted by Crippen LogP contribution is 2.21. The second-order valence-corrected chi connectivity index (χ2v) is 6.61. The molecule has 1 fully saturated rings. The minimum Gasteiger partial charge on any atom is -0.484 e. The Bertz CT molecular complexity index is 489. The number of benzene rings is 1. The number of carbonyl (C=O) groups excluding carboxylic acids is 1. The lowest BCUT2D eigenvalue weighted by Crippen LogP contribution is -2.56. The van der Waals surface area contributed by atoms with Crippen LogP contribution in [0.15, 0.2) is 28.7 Å². The average molecular weight is 358 g/mol. The molecule has 1 aliphatic heterocycles. The quantitative estimate of drug-likeness (QED) is 0.892. The number of rotatable bonds is 4. The van der Waals surface area contributed by atoms with Crippen molar-refractivity contribution in [3.63, 3.8) is 0 Å². The number of hydrogen-bond acceptors (Lipinski definition) is 4. The summed E-state index contributed by atoms with van der Waals surface area (Å²) in [6.45, 7) is 4.58. The van der Waals surface area contributed by atoms with Crippen LogP contribution in [-0.4, -0.2) is 53.9 Å². The molecule has 21 heavy (non-hydrogen) atoms. The predicted octanol–water partition coefficient (Wildman–Crippen LogP) is 1.83. The van der Waals surface area contributed by atoms with Gasteiger partial charge >= 0.3 is 0 Å². The van der Waals surface area contributed by atoms with E-state index in [1.807, 2.05) is 26.0 Å². The van der Waals surface area contributed by atoms with E-state index in [1.165, 1.54) is 0 Å². The van der Waals surface area contributed by atoms with E-state index in [1.54, 1.807) is 17.0 Å². The maximum absolute atomic E-state index is 12.2. The Hall–Kier alpha value is -1.11. The molecule has 6 heteroatoms. The van der Waals surface area contributed by atoms with E-state index >= 15 is 0 Å². The van der Waals surface area contributed by atoms with E-state index in [-0.39, 0.29) is 25.2 Å². The molecule has 1 saturated heterocycles. The molecule has 1 aliphatic rings. The summed E-state index contributed by atoms with van der Waals surface area (Å²) in [6, 6.07) is 7.33. The standard InChI is InChI=1S/C15H20BrNO4/c1-15(2)10-17(7-13(8-18)21-15)14(19)9-20-12-5-3-11(16)4-6-12/h3-6,13,18H,7-10H2,1-2H3. The van der Waals surface area contributed by atoms with Gasteiger partial charge in [-0.25, -0.2) is 0 Å². The topological polar surface area (TPSA) is 59.0 Å². The summed E-state index contributed by atoms with van der Waals surface area (Å²) >= 11 is 3.35. The molecule has 1 heterocycles. The van der Waals surface area contributed by atoms with Crippen LogP contribution >= 0.6 is 15.9 Å². The van der Waals surface area contributed by atoms with Gasteiger partial charge in [-0.15, -0.1) is 0 Å². The number of aliphatic hydroxyl groups is 1. The average Bonchev–Trinajstić information content (AvgIpc) is 2.44. The second kappa shape index (κ2) is 6.77. The Labute approximate surface area is 133 Å². The number of hydrogen-bond donors (Lipinski definition) is 1. The molecule has 0 saturated carbocycles. The molecule has 0 aromatic heterocycles. The monoisotopic (exact) mass is 357 g/mol. The molecule has 1 amide bonds. The van der Waals surface area contributed by atoms with Gasteiger partial charge in [-0.3, -0.25) is 4.79 Å². The molecule has 0 radical (unpaired) electrons. The van der Waals surface area contributed by atoms with Crippen molar-refractivity contribution >= 4 is 21.8 Å². The number of amides is 1. The Balaban J connectivity index is 1.91. The van der Waals surface area contributed by atoms with Gasteiger partial charge in [0.15, 0.2) is 6.61 Å². The number of morpholine rings is 1. The van der Waals surface area contributed by atoms with E-state index in [2.05, 4.69) is 15.9 Å². The Morgan fingerprint density at radius 1 is 1.48 bits per heavy atom. The molecule has 1 aromatic rings. The maximum Gasteiger partial charge on any atom is 0.260 e. The van der Waals surface area contributed by atoms with Gasteiger partial charge in [0, 0.05) is 17.6 Å². The fourth-order valence-corrected chi connectivity index (χ4v) is 2.61. The highest BCUT2D eigenvalue weighted by molar-refractivity contribution is 9.10. The Morgan fingerprint density at radius 2 is 2.14 bits per heavy atom. The molecule has 0 aliphatic carbocycles. The first-order chi connectivity index (χ1) is 9.89. The van der Waals surface area contributed by atoms with Crippen molar-refractivity contribution < 1.29 is 19.4 Å². The molecular formula is C15H20BrNO4. The summed E-state index contributed by atoms with van der Waals surface area (Å²) in [7, 11) is 0. The van der Waals surface area contributed by atoms with Gasteiger partial charge in [0.2, 0.25) is 0 Å². The van der Waals surface area contributed by atoms with Gasteiger partial charge in [0.25, 0.3) is 5.91 Å². The predicted molar refractivity (Wildman–Crippen MR) is 82.3 cm³/mol. The van der Waals surface area contributed by atoms with Crippen LogP contribution in [0, 0.1) is 0 Å². The van der Waals surface area contributed by atoms with Crippen LogP contribution in [-0.2, 0) is 9.53 Å². The van der Waals surface area contributed by atoms with Crippen molar-refractivity contribution in [1.82, 2.24) is 4.90 Å². The zero-order valence-electron chi connectivity index (χ0n) is 12.2. The maximum atomic E-state index is 12.2. The summed E-state index contributed by atoms with van der Waals surface area (Å²) in [6.07, 6.45) is -0.342. The second-order valence-electron chi connectivity index (χ2n) is 5.70. The molecule has 0 bridgehead atoms. The smallest absolute Gasteiger partial charge is 0.260 e. The number of carbonyl (C=O) groups is 1. The third-order valence-electron chi connectivity index (χ3n) is 3.21. The van der Waals surface area contributed by atoms with Crippen LogP contribution < -0.4 is 4.74 Å². The normalized spacial score (nSPS) is 21.1. The van der Waals surface area contributed by atoms with Crippen LogP contribution in [0.2, 0.25) is 0 Å². The molecule has 1 N–H and O–H groups in total. The van der Waals surface area contributed by atoms with Crippen LogP contribution in [0.1, 0.15) is 13.8 Å². The molecule has 1 aromatic carbocycles. The lowest BCUT2D eigenvalue weighted by molar-refractivity contribution is -0.168. The van der Waals surface area contributed by atoms with Crippen LogP contribution in [0.4, 0.5) is 0 Å². The molecule has 116 valence electrons. The molecule has 0 spiro atoms. The molecule has 1 unspecified atom stereocenters. The fraction of sp³-hybridized carbons (Fsp3) is 0.533. The number of halogens is 1. The van der Waals surface area contributed by atoms with Gasteiger partial charge in [0.1, 0.15) is 5.75 Å². The summed E-state index contributed by atoms with van der Waals surface area (Å²) in [4.78, 5) is 13.9. The van der Waals surface area contributed by atoms with Gasteiger partial charge in [-0.05, 0) is 38.1 Å². The lowest BCUT2D eigenvalue weighted by Gasteiger charge is -2.42. The summed E-state index contributed by atoms with van der Waals surface area (Å²) in [5, 5.41) is 9.26. The van der Waals surface area contributed by atoms with Gasteiger partial charge in [0.05, 0.1) is 18.3 Å². The van der Waals surface area contributed by atoms with E-state index < -0.39 is 5.60 Å². The zero-order chi connectivity index (χ0) is 15.5. The van der Waals surface area contributed by atoms with Crippen LogP contribution in [0.5, 0.6) is 5.75 Å².